The number of carbonyl (C=O) groups excluding carboxylic acids is 1. The third-order valence-electron chi connectivity index (χ3n) is 6.78. The number of anilines is 2. The van der Waals surface area contributed by atoms with E-state index < -0.39 is 47.7 Å². The van der Waals surface area contributed by atoms with Crippen LogP contribution in [0.5, 0.6) is 5.75 Å². The first kappa shape index (κ1) is 32.9. The van der Waals surface area contributed by atoms with Crippen molar-refractivity contribution in [2.45, 2.75) is 62.6 Å². The summed E-state index contributed by atoms with van der Waals surface area (Å²) in [5.74, 6) is 5.92. The zero-order valence-electron chi connectivity index (χ0n) is 24.6. The van der Waals surface area contributed by atoms with Crippen molar-refractivity contribution in [3.05, 3.63) is 48.2 Å². The second-order valence-corrected chi connectivity index (χ2v) is 12.2. The molecular weight excluding hydrogens is 604 g/mol. The van der Waals surface area contributed by atoms with Crippen LogP contribution in [0.2, 0.25) is 0 Å². The first-order valence-corrected chi connectivity index (χ1v) is 14.8. The lowest BCUT2D eigenvalue weighted by atomic mass is 10.0. The maximum absolute atomic E-state index is 15.2. The molecule has 3 aromatic rings. The number of carbonyl (C=O) groups is 1. The number of benzene rings is 2. The molecule has 14 heteroatoms. The number of amides is 1. The molecule has 9 nitrogen and oxygen atoms in total. The minimum atomic E-state index is -4.52. The van der Waals surface area contributed by atoms with Gasteiger partial charge in [-0.05, 0) is 63.4 Å². The van der Waals surface area contributed by atoms with Crippen molar-refractivity contribution in [3.63, 3.8) is 0 Å². The van der Waals surface area contributed by atoms with E-state index in [9.17, 15) is 26.7 Å². The summed E-state index contributed by atoms with van der Waals surface area (Å²) in [6.07, 6.45) is -6.28. The number of hydrogen-bond donors (Lipinski definition) is 3. The molecule has 4 rings (SSSR count). The quantitative estimate of drug-likeness (QED) is 0.165. The van der Waals surface area contributed by atoms with Crippen molar-refractivity contribution in [2.24, 2.45) is 0 Å². The molecule has 1 aliphatic heterocycles. The first-order valence-electron chi connectivity index (χ1n) is 13.7. The second-order valence-electron chi connectivity index (χ2n) is 11.2. The van der Waals surface area contributed by atoms with Gasteiger partial charge in [0.2, 0.25) is 0 Å². The fourth-order valence-corrected chi connectivity index (χ4v) is 5.22. The average Bonchev–Trinajstić information content (AvgIpc) is 3.27. The minimum Gasteiger partial charge on any atom is -0.495 e. The van der Waals surface area contributed by atoms with E-state index in [0.717, 1.165) is 4.57 Å². The first-order chi connectivity index (χ1) is 20.6. The lowest BCUT2D eigenvalue weighted by Crippen LogP contribution is -2.51. The summed E-state index contributed by atoms with van der Waals surface area (Å²) in [6, 6.07) is 10.0. The smallest absolute Gasteiger partial charge is 0.410 e. The van der Waals surface area contributed by atoms with Crippen molar-refractivity contribution >= 4 is 39.5 Å². The predicted molar refractivity (Wildman–Crippen MR) is 160 cm³/mol. The van der Waals surface area contributed by atoms with Crippen LogP contribution in [0.3, 0.4) is 0 Å². The molecule has 1 unspecified atom stereocenters. The molecule has 238 valence electrons. The molecule has 0 saturated carbocycles. The molecule has 0 spiro atoms. The van der Waals surface area contributed by atoms with E-state index in [1.54, 1.807) is 45.0 Å². The summed E-state index contributed by atoms with van der Waals surface area (Å²) < 4.78 is 88.3. The van der Waals surface area contributed by atoms with Crippen molar-refractivity contribution in [1.82, 2.24) is 9.47 Å². The van der Waals surface area contributed by atoms with Gasteiger partial charge in [0, 0.05) is 23.7 Å². The fraction of sp³-hybridized carbons (Fsp3) is 0.433. The van der Waals surface area contributed by atoms with E-state index >= 15 is 4.39 Å². The maximum Gasteiger partial charge on any atom is 0.410 e. The van der Waals surface area contributed by atoms with Crippen LogP contribution in [0.15, 0.2) is 47.4 Å². The number of piperidine rings is 1. The molecule has 0 bridgehead atoms. The van der Waals surface area contributed by atoms with Gasteiger partial charge < -0.3 is 34.1 Å². The topological polar surface area (TPSA) is 105 Å². The van der Waals surface area contributed by atoms with Crippen LogP contribution in [0.25, 0.3) is 10.9 Å². The summed E-state index contributed by atoms with van der Waals surface area (Å²) in [6.45, 7) is 4.03. The highest BCUT2D eigenvalue weighted by Crippen LogP contribution is 2.32. The number of nitrogens with one attached hydrogen (secondary N) is 2. The molecule has 2 aromatic carbocycles. The number of nitrogens with zero attached hydrogens (tertiary/aromatic N) is 2. The fourth-order valence-electron chi connectivity index (χ4n) is 4.82. The van der Waals surface area contributed by atoms with Crippen molar-refractivity contribution in [2.75, 3.05) is 37.4 Å². The lowest BCUT2D eigenvalue weighted by molar-refractivity contribution is -0.140. The van der Waals surface area contributed by atoms with Gasteiger partial charge in [0.1, 0.15) is 24.1 Å². The van der Waals surface area contributed by atoms with Crippen LogP contribution in [0.1, 0.15) is 32.9 Å². The molecule has 3 N–H and O–H groups in total. The SMILES string of the molecule is COc1cc(S(=O)O)ccc1NCC#Cc1cc2c(N[C@@H]3CCN(C(=O)OC(C)(C)C)C[C@@H]3F)cccc2n1CC(F)(F)F. The molecule has 1 fully saturated rings. The Morgan fingerprint density at radius 2 is 1.91 bits per heavy atom. The molecule has 0 radical (unpaired) electrons. The highest BCUT2D eigenvalue weighted by atomic mass is 32.2. The molecule has 2 heterocycles. The number of halogens is 4. The number of likely N-dealkylation sites (tertiary alicyclic amines) is 1. The summed E-state index contributed by atoms with van der Waals surface area (Å²) >= 11 is -2.19. The molecule has 0 aliphatic carbocycles. The minimum absolute atomic E-state index is 0.0380. The van der Waals surface area contributed by atoms with E-state index in [-0.39, 0.29) is 42.2 Å². The lowest BCUT2D eigenvalue weighted by Gasteiger charge is -2.36. The zero-order valence-corrected chi connectivity index (χ0v) is 25.4. The van der Waals surface area contributed by atoms with Crippen LogP contribution in [-0.4, -0.2) is 75.1 Å². The van der Waals surface area contributed by atoms with E-state index in [2.05, 4.69) is 22.5 Å². The van der Waals surface area contributed by atoms with Gasteiger partial charge in [-0.2, -0.15) is 13.2 Å². The Kier molecular flexibility index (Phi) is 10.00. The summed E-state index contributed by atoms with van der Waals surface area (Å²) in [5.41, 5.74) is 0.615. The summed E-state index contributed by atoms with van der Waals surface area (Å²) in [4.78, 5) is 13.8. The molecule has 44 heavy (non-hydrogen) atoms. The van der Waals surface area contributed by atoms with Crippen molar-refractivity contribution < 1.29 is 40.6 Å². The second kappa shape index (κ2) is 13.4. The van der Waals surface area contributed by atoms with Gasteiger partial charge in [0.15, 0.2) is 11.1 Å². The molecule has 1 aromatic heterocycles. The number of hydrogen-bond acceptors (Lipinski definition) is 6. The van der Waals surface area contributed by atoms with E-state index in [4.69, 9.17) is 9.47 Å². The number of fused-ring (bicyclic) bond motifs is 1. The van der Waals surface area contributed by atoms with Crippen molar-refractivity contribution in [3.8, 4) is 17.6 Å². The molecule has 1 amide bonds. The molecule has 3 atom stereocenters. The Balaban J connectivity index is 1.55. The van der Waals surface area contributed by atoms with E-state index in [1.807, 2.05) is 0 Å². The maximum atomic E-state index is 15.2. The monoisotopic (exact) mass is 638 g/mol. The molecular formula is C30H34F4N4O5S. The Hall–Kier alpha value is -3.96. The van der Waals surface area contributed by atoms with Crippen LogP contribution in [0.4, 0.5) is 33.7 Å². The summed E-state index contributed by atoms with van der Waals surface area (Å²) in [5, 5.41) is 6.58. The van der Waals surface area contributed by atoms with E-state index in [0.29, 0.717) is 22.5 Å². The van der Waals surface area contributed by atoms with Gasteiger partial charge in [0.05, 0.1) is 48.0 Å². The van der Waals surface area contributed by atoms with E-state index in [1.165, 1.54) is 30.2 Å². The highest BCUT2D eigenvalue weighted by Gasteiger charge is 2.34. The number of aromatic nitrogens is 1. The van der Waals surface area contributed by atoms with Crippen molar-refractivity contribution in [1.29, 1.82) is 0 Å². The van der Waals surface area contributed by atoms with Gasteiger partial charge in [-0.3, -0.25) is 0 Å². The number of alkyl halides is 4. The highest BCUT2D eigenvalue weighted by molar-refractivity contribution is 7.79. The Bertz CT molecular complexity index is 1590. The number of rotatable bonds is 7. The van der Waals surface area contributed by atoms with Crippen LogP contribution in [-0.2, 0) is 22.4 Å². The van der Waals surface area contributed by atoms with Crippen LogP contribution < -0.4 is 15.4 Å². The molecule has 1 aliphatic rings. The number of ether oxygens (including phenoxy) is 2. The van der Waals surface area contributed by atoms with Gasteiger partial charge >= 0.3 is 12.3 Å². The zero-order chi connectivity index (χ0) is 32.2. The molecule has 1 saturated heterocycles. The number of methoxy groups -OCH3 is 1. The third-order valence-corrected chi connectivity index (χ3v) is 7.43. The van der Waals surface area contributed by atoms with Crippen LogP contribution >= 0.6 is 0 Å². The van der Waals surface area contributed by atoms with Crippen LogP contribution in [0, 0.1) is 11.8 Å². The van der Waals surface area contributed by atoms with Gasteiger partial charge in [-0.25, -0.2) is 13.4 Å². The average molecular weight is 639 g/mol. The predicted octanol–water partition coefficient (Wildman–Crippen LogP) is 6.02. The normalized spacial score (nSPS) is 17.9. The largest absolute Gasteiger partial charge is 0.495 e. The van der Waals surface area contributed by atoms with Gasteiger partial charge in [0.25, 0.3) is 0 Å². The third kappa shape index (κ3) is 8.35. The van der Waals surface area contributed by atoms with Gasteiger partial charge in [-0.15, -0.1) is 0 Å². The Labute approximate surface area is 255 Å². The standard InChI is InChI=1S/C30H34F4N4O5S/c1-29(2,3)43-28(39)37-14-12-24(22(31)17-37)36-23-8-5-9-26-21(23)15-19(38(26)18-30(32,33)34)7-6-13-35-25-11-10-20(44(40)41)16-27(25)42-4/h5,8-11,15-16,22,24,35-36H,12-14,17-18H2,1-4H3,(H,40,41)/t22-,24+/m0/s1. The summed E-state index contributed by atoms with van der Waals surface area (Å²) in [7, 11) is 1.40. The Morgan fingerprint density at radius 1 is 1.16 bits per heavy atom. The Morgan fingerprint density at radius 3 is 2.55 bits per heavy atom. The van der Waals surface area contributed by atoms with Gasteiger partial charge in [-0.1, -0.05) is 12.0 Å².